The van der Waals surface area contributed by atoms with E-state index in [0.29, 0.717) is 24.0 Å². The van der Waals surface area contributed by atoms with Gasteiger partial charge in [-0.3, -0.25) is 23.7 Å². The Hall–Kier alpha value is -4.80. The van der Waals surface area contributed by atoms with Crippen LogP contribution in [0.1, 0.15) is 23.6 Å². The van der Waals surface area contributed by atoms with Gasteiger partial charge in [0.1, 0.15) is 18.1 Å². The Bertz CT molecular complexity index is 1550. The maximum atomic E-state index is 13.9. The Morgan fingerprint density at radius 2 is 1.44 bits per heavy atom. The van der Waals surface area contributed by atoms with E-state index in [0.717, 1.165) is 16.5 Å². The van der Waals surface area contributed by atoms with Crippen LogP contribution in [0.15, 0.2) is 91.1 Å². The molecule has 0 aliphatic carbocycles. The first kappa shape index (κ1) is 31.1. The van der Waals surface area contributed by atoms with E-state index in [2.05, 4.69) is 10.6 Å². The van der Waals surface area contributed by atoms with Gasteiger partial charge in [0.25, 0.3) is 0 Å². The molecule has 0 aliphatic heterocycles. The van der Waals surface area contributed by atoms with E-state index in [1.54, 1.807) is 30.3 Å². The Morgan fingerprint density at radius 1 is 0.860 bits per heavy atom. The van der Waals surface area contributed by atoms with E-state index >= 15 is 0 Å². The standard InChI is InChI=1S/C33H37N5O5/c1-22(40)30(34)32(42)35-27(18-25-20-38(21-39)29-16-10-9-15-26(25)29)31(41)36-28(17-23-11-5-3-6-12-23)33(43)37(2)19-24-13-7-4-8-14-24/h3-16,20-22,27-28,30,40H,17-19,34H2,1-2H3,(H,35,42)(H,36,41)/t22-,27-,28+,30+/m1/s1. The molecule has 4 atom stereocenters. The number of hydrogen-bond acceptors (Lipinski definition) is 6. The number of aliphatic hydroxyl groups is 1. The molecule has 0 radical (unpaired) electrons. The minimum atomic E-state index is -1.27. The van der Waals surface area contributed by atoms with E-state index in [4.69, 9.17) is 5.73 Å². The van der Waals surface area contributed by atoms with Gasteiger partial charge in [0.2, 0.25) is 24.1 Å². The first-order valence-corrected chi connectivity index (χ1v) is 14.1. The lowest BCUT2D eigenvalue weighted by Gasteiger charge is -2.27. The smallest absolute Gasteiger partial charge is 0.245 e. The Morgan fingerprint density at radius 3 is 2.07 bits per heavy atom. The summed E-state index contributed by atoms with van der Waals surface area (Å²) in [5.41, 5.74) is 8.95. The summed E-state index contributed by atoms with van der Waals surface area (Å²) >= 11 is 0. The highest BCUT2D eigenvalue weighted by molar-refractivity contribution is 5.95. The van der Waals surface area contributed by atoms with Crippen molar-refractivity contribution in [3.8, 4) is 0 Å². The number of nitrogens with zero attached hydrogens (tertiary/aromatic N) is 2. The summed E-state index contributed by atoms with van der Waals surface area (Å²) in [4.78, 5) is 53.8. The molecule has 1 aromatic heterocycles. The van der Waals surface area contributed by atoms with Crippen LogP contribution in [0.4, 0.5) is 0 Å². The van der Waals surface area contributed by atoms with Gasteiger partial charge in [0, 0.05) is 38.0 Å². The zero-order valence-electron chi connectivity index (χ0n) is 24.2. The van der Waals surface area contributed by atoms with Gasteiger partial charge in [-0.2, -0.15) is 0 Å². The molecule has 10 nitrogen and oxygen atoms in total. The van der Waals surface area contributed by atoms with Crippen molar-refractivity contribution in [2.75, 3.05) is 7.05 Å². The number of amides is 3. The van der Waals surface area contributed by atoms with E-state index in [1.165, 1.54) is 11.5 Å². The lowest BCUT2D eigenvalue weighted by molar-refractivity contribution is -0.137. The van der Waals surface area contributed by atoms with Crippen molar-refractivity contribution in [2.24, 2.45) is 5.73 Å². The summed E-state index contributed by atoms with van der Waals surface area (Å²) in [6.07, 6.45) is 1.36. The molecule has 3 amide bonds. The Labute approximate surface area is 250 Å². The first-order valence-electron chi connectivity index (χ1n) is 14.1. The van der Waals surface area contributed by atoms with Gasteiger partial charge in [0.15, 0.2) is 0 Å². The van der Waals surface area contributed by atoms with Crippen molar-refractivity contribution >= 4 is 35.0 Å². The average Bonchev–Trinajstić information content (AvgIpc) is 3.37. The molecule has 4 aromatic rings. The van der Waals surface area contributed by atoms with E-state index in [-0.39, 0.29) is 18.7 Å². The number of benzene rings is 3. The minimum Gasteiger partial charge on any atom is -0.391 e. The molecule has 4 rings (SSSR count). The van der Waals surface area contributed by atoms with Gasteiger partial charge in [-0.25, -0.2) is 0 Å². The van der Waals surface area contributed by atoms with Crippen LogP contribution in [0, 0.1) is 0 Å². The summed E-state index contributed by atoms with van der Waals surface area (Å²) in [5, 5.41) is 16.2. The predicted octanol–water partition coefficient (Wildman–Crippen LogP) is 1.80. The summed E-state index contributed by atoms with van der Waals surface area (Å²) in [6.45, 7) is 1.73. The fraction of sp³-hybridized carbons (Fsp3) is 0.273. The summed E-state index contributed by atoms with van der Waals surface area (Å²) in [7, 11) is 1.68. The van der Waals surface area contributed by atoms with Crippen LogP contribution in [0.3, 0.4) is 0 Å². The van der Waals surface area contributed by atoms with Gasteiger partial charge in [-0.15, -0.1) is 0 Å². The second-order valence-electron chi connectivity index (χ2n) is 10.6. The quantitative estimate of drug-likeness (QED) is 0.177. The normalized spacial score (nSPS) is 13.9. The third-order valence-electron chi connectivity index (χ3n) is 7.35. The van der Waals surface area contributed by atoms with Crippen LogP contribution in [0.2, 0.25) is 0 Å². The zero-order valence-corrected chi connectivity index (χ0v) is 24.2. The van der Waals surface area contributed by atoms with E-state index < -0.39 is 36.0 Å². The highest BCUT2D eigenvalue weighted by Crippen LogP contribution is 2.22. The van der Waals surface area contributed by atoms with Gasteiger partial charge >= 0.3 is 0 Å². The molecule has 0 spiro atoms. The van der Waals surface area contributed by atoms with Crippen LogP contribution in [0.25, 0.3) is 10.9 Å². The number of carbonyl (C=O) groups excluding carboxylic acids is 4. The lowest BCUT2D eigenvalue weighted by Crippen LogP contribution is -2.58. The minimum absolute atomic E-state index is 0.0115. The Kier molecular flexibility index (Phi) is 10.4. The van der Waals surface area contributed by atoms with Crippen LogP contribution in [-0.4, -0.2) is 70.0 Å². The maximum Gasteiger partial charge on any atom is 0.245 e. The molecule has 5 N–H and O–H groups in total. The number of nitrogens with one attached hydrogen (secondary N) is 2. The van der Waals surface area contributed by atoms with Gasteiger partial charge in [0.05, 0.1) is 11.6 Å². The number of rotatable bonds is 13. The van der Waals surface area contributed by atoms with Gasteiger partial charge in [-0.1, -0.05) is 78.9 Å². The topological polar surface area (TPSA) is 147 Å². The van der Waals surface area contributed by atoms with Crippen molar-refractivity contribution in [2.45, 2.75) is 50.5 Å². The first-order chi connectivity index (χ1) is 20.7. The molecule has 0 saturated carbocycles. The number of hydrogen-bond donors (Lipinski definition) is 4. The molecule has 10 heteroatoms. The van der Waals surface area contributed by atoms with Crippen LogP contribution < -0.4 is 16.4 Å². The third-order valence-corrected chi connectivity index (χ3v) is 7.35. The SMILES string of the molecule is C[C@@H](O)[C@H](N)C(=O)N[C@H](Cc1cn(C=O)c2ccccc12)C(=O)N[C@@H](Cc1ccccc1)C(=O)N(C)Cc1ccccc1. The molecule has 0 bridgehead atoms. The monoisotopic (exact) mass is 583 g/mol. The number of fused-ring (bicyclic) bond motifs is 1. The molecule has 1 heterocycles. The number of carbonyl (C=O) groups is 4. The fourth-order valence-corrected chi connectivity index (χ4v) is 4.97. The van der Waals surface area contributed by atoms with Crippen molar-refractivity contribution in [3.63, 3.8) is 0 Å². The van der Waals surface area contributed by atoms with Crippen molar-refractivity contribution in [1.82, 2.24) is 20.1 Å². The van der Waals surface area contributed by atoms with E-state index in [9.17, 15) is 24.3 Å². The lowest BCUT2D eigenvalue weighted by atomic mass is 10.0. The maximum absolute atomic E-state index is 13.9. The molecule has 0 unspecified atom stereocenters. The third kappa shape index (κ3) is 7.94. The second kappa shape index (κ2) is 14.4. The molecule has 43 heavy (non-hydrogen) atoms. The fourth-order valence-electron chi connectivity index (χ4n) is 4.97. The van der Waals surface area contributed by atoms with Crippen molar-refractivity contribution in [1.29, 1.82) is 0 Å². The van der Waals surface area contributed by atoms with Gasteiger partial charge in [-0.05, 0) is 29.7 Å². The van der Waals surface area contributed by atoms with Crippen LogP contribution >= 0.6 is 0 Å². The Balaban J connectivity index is 1.63. The molecular weight excluding hydrogens is 546 g/mol. The van der Waals surface area contributed by atoms with Crippen molar-refractivity contribution < 1.29 is 24.3 Å². The number of nitrogens with two attached hydrogens (primary N) is 1. The highest BCUT2D eigenvalue weighted by Gasteiger charge is 2.31. The average molecular weight is 584 g/mol. The number of likely N-dealkylation sites (N-methyl/N-ethyl adjacent to an activating group) is 1. The van der Waals surface area contributed by atoms with Crippen LogP contribution in [-0.2, 0) is 38.6 Å². The van der Waals surface area contributed by atoms with Gasteiger partial charge < -0.3 is 26.4 Å². The largest absolute Gasteiger partial charge is 0.391 e. The summed E-state index contributed by atoms with van der Waals surface area (Å²) in [5.74, 6) is -1.62. The van der Waals surface area contributed by atoms with Crippen LogP contribution in [0.5, 0.6) is 0 Å². The number of aliphatic hydroxyl groups excluding tert-OH is 1. The summed E-state index contributed by atoms with van der Waals surface area (Å²) < 4.78 is 1.41. The molecular formula is C33H37N5O5. The zero-order chi connectivity index (χ0) is 30.9. The molecule has 0 saturated heterocycles. The van der Waals surface area contributed by atoms with E-state index in [1.807, 2.05) is 72.8 Å². The predicted molar refractivity (Wildman–Crippen MR) is 164 cm³/mol. The molecule has 0 aliphatic rings. The molecule has 3 aromatic carbocycles. The second-order valence-corrected chi connectivity index (χ2v) is 10.6. The highest BCUT2D eigenvalue weighted by atomic mass is 16.3. The number of para-hydroxylation sites is 1. The molecule has 0 fully saturated rings. The molecule has 224 valence electrons. The number of aromatic nitrogens is 1. The van der Waals surface area contributed by atoms with Crippen molar-refractivity contribution in [3.05, 3.63) is 108 Å². The summed E-state index contributed by atoms with van der Waals surface area (Å²) in [6, 6.07) is 22.7.